The van der Waals surface area contributed by atoms with E-state index in [1.807, 2.05) is 35.2 Å². The Morgan fingerprint density at radius 1 is 0.971 bits per heavy atom. The molecular weight excluding hydrogens is 428 g/mol. The van der Waals surface area contributed by atoms with E-state index in [4.69, 9.17) is 14.0 Å². The quantitative estimate of drug-likeness (QED) is 0.437. The number of aromatic nitrogens is 1. The SMILES string of the molecule is Cc1ccc2c(c1)Cc1cccc(c1)CN(C(=O)Cc1noc3ccccc13)CCOCCO2. The summed E-state index contributed by atoms with van der Waals surface area (Å²) >= 11 is 0. The van der Waals surface area contributed by atoms with Gasteiger partial charge in [0.25, 0.3) is 0 Å². The van der Waals surface area contributed by atoms with E-state index in [9.17, 15) is 4.79 Å². The van der Waals surface area contributed by atoms with Crippen LogP contribution in [0, 0.1) is 6.92 Å². The van der Waals surface area contributed by atoms with Crippen molar-refractivity contribution in [2.45, 2.75) is 26.3 Å². The molecule has 5 rings (SSSR count). The summed E-state index contributed by atoms with van der Waals surface area (Å²) in [6.45, 7) is 4.48. The molecule has 1 aromatic heterocycles. The van der Waals surface area contributed by atoms with Gasteiger partial charge in [0.15, 0.2) is 5.58 Å². The van der Waals surface area contributed by atoms with Gasteiger partial charge in [-0.1, -0.05) is 59.3 Å². The summed E-state index contributed by atoms with van der Waals surface area (Å²) in [4.78, 5) is 15.1. The fraction of sp³-hybridized carbons (Fsp3) is 0.286. The number of benzene rings is 3. The number of carbonyl (C=O) groups is 1. The summed E-state index contributed by atoms with van der Waals surface area (Å²) in [5.41, 5.74) is 5.99. The van der Waals surface area contributed by atoms with Crippen molar-refractivity contribution in [1.29, 1.82) is 0 Å². The minimum absolute atomic E-state index is 0.00243. The first kappa shape index (κ1) is 22.2. The molecule has 0 aliphatic carbocycles. The van der Waals surface area contributed by atoms with Gasteiger partial charge in [0, 0.05) is 24.9 Å². The summed E-state index contributed by atoms with van der Waals surface area (Å²) < 4.78 is 17.2. The highest BCUT2D eigenvalue weighted by Crippen LogP contribution is 2.24. The summed E-state index contributed by atoms with van der Waals surface area (Å²) in [7, 11) is 0. The molecule has 6 heteroatoms. The summed E-state index contributed by atoms with van der Waals surface area (Å²) in [6.07, 6.45) is 0.955. The highest BCUT2D eigenvalue weighted by atomic mass is 16.5. The van der Waals surface area contributed by atoms with Gasteiger partial charge in [-0.3, -0.25) is 4.79 Å². The number of aryl methyl sites for hydroxylation is 1. The summed E-state index contributed by atoms with van der Waals surface area (Å²) in [5.74, 6) is 0.894. The van der Waals surface area contributed by atoms with Crippen molar-refractivity contribution in [1.82, 2.24) is 10.1 Å². The van der Waals surface area contributed by atoms with E-state index in [0.29, 0.717) is 44.2 Å². The smallest absolute Gasteiger partial charge is 0.229 e. The van der Waals surface area contributed by atoms with Gasteiger partial charge in [-0.25, -0.2) is 0 Å². The van der Waals surface area contributed by atoms with Gasteiger partial charge in [-0.15, -0.1) is 0 Å². The van der Waals surface area contributed by atoms with E-state index < -0.39 is 0 Å². The van der Waals surface area contributed by atoms with Crippen molar-refractivity contribution in [3.63, 3.8) is 0 Å². The van der Waals surface area contributed by atoms with Crippen LogP contribution in [0.1, 0.15) is 27.9 Å². The number of amides is 1. The number of carbonyl (C=O) groups excluding carboxylic acids is 1. The molecule has 0 spiro atoms. The first-order chi connectivity index (χ1) is 16.7. The second-order valence-corrected chi connectivity index (χ2v) is 8.69. The molecule has 6 nitrogen and oxygen atoms in total. The Morgan fingerprint density at radius 2 is 1.85 bits per heavy atom. The fourth-order valence-electron chi connectivity index (χ4n) is 4.37. The van der Waals surface area contributed by atoms with Gasteiger partial charge in [-0.2, -0.15) is 0 Å². The Balaban J connectivity index is 1.39. The zero-order valence-electron chi connectivity index (χ0n) is 19.3. The largest absolute Gasteiger partial charge is 0.491 e. The Morgan fingerprint density at radius 3 is 2.79 bits per heavy atom. The van der Waals surface area contributed by atoms with Crippen LogP contribution in [0.2, 0.25) is 0 Å². The van der Waals surface area contributed by atoms with Crippen LogP contribution < -0.4 is 4.74 Å². The third-order valence-corrected chi connectivity index (χ3v) is 6.09. The molecule has 0 atom stereocenters. The van der Waals surface area contributed by atoms with E-state index in [1.165, 1.54) is 11.1 Å². The molecule has 174 valence electrons. The summed E-state index contributed by atoms with van der Waals surface area (Å²) in [5, 5.41) is 5.02. The van der Waals surface area contributed by atoms with Crippen LogP contribution in [0.5, 0.6) is 5.75 Å². The molecule has 0 unspecified atom stereocenters. The number of para-hydroxylation sites is 1. The van der Waals surface area contributed by atoms with Crippen molar-refractivity contribution in [2.24, 2.45) is 0 Å². The van der Waals surface area contributed by atoms with Crippen LogP contribution in [0.4, 0.5) is 0 Å². The van der Waals surface area contributed by atoms with E-state index in [0.717, 1.165) is 28.7 Å². The average Bonchev–Trinajstić information content (AvgIpc) is 3.24. The molecule has 0 N–H and O–H groups in total. The highest BCUT2D eigenvalue weighted by molar-refractivity contribution is 5.86. The normalized spacial score (nSPS) is 14.8. The first-order valence-electron chi connectivity index (χ1n) is 11.6. The second-order valence-electron chi connectivity index (χ2n) is 8.69. The lowest BCUT2D eigenvalue weighted by Crippen LogP contribution is -2.35. The molecule has 2 heterocycles. The lowest BCUT2D eigenvalue weighted by atomic mass is 10.00. The molecule has 0 fully saturated rings. The Kier molecular flexibility index (Phi) is 6.58. The maximum absolute atomic E-state index is 13.3. The molecule has 2 bridgehead atoms. The maximum Gasteiger partial charge on any atom is 0.229 e. The van der Waals surface area contributed by atoms with E-state index in [1.54, 1.807) is 0 Å². The zero-order valence-corrected chi connectivity index (χ0v) is 19.3. The summed E-state index contributed by atoms with van der Waals surface area (Å²) in [6, 6.07) is 22.3. The lowest BCUT2D eigenvalue weighted by molar-refractivity contribution is -0.132. The number of ether oxygens (including phenoxy) is 2. The van der Waals surface area contributed by atoms with Gasteiger partial charge in [-0.05, 0) is 41.8 Å². The van der Waals surface area contributed by atoms with Crippen LogP contribution in [0.3, 0.4) is 0 Å². The minimum Gasteiger partial charge on any atom is -0.491 e. The second kappa shape index (κ2) is 10.1. The van der Waals surface area contributed by atoms with Crippen molar-refractivity contribution >= 4 is 16.9 Å². The molecule has 1 aliphatic rings. The molecular formula is C28H28N2O4. The molecule has 1 aliphatic heterocycles. The van der Waals surface area contributed by atoms with Crippen molar-refractivity contribution in [3.8, 4) is 5.75 Å². The number of rotatable bonds is 2. The van der Waals surface area contributed by atoms with Gasteiger partial charge in [0.05, 0.1) is 19.6 Å². The molecule has 34 heavy (non-hydrogen) atoms. The van der Waals surface area contributed by atoms with Gasteiger partial charge < -0.3 is 18.9 Å². The average molecular weight is 457 g/mol. The van der Waals surface area contributed by atoms with Gasteiger partial charge >= 0.3 is 0 Å². The number of hydrogen-bond donors (Lipinski definition) is 0. The standard InChI is InChI=1S/C28H28N2O4/c1-20-9-10-26-23(15-20)17-21-5-4-6-22(16-21)19-30(11-12-32-13-14-33-26)28(31)18-25-24-7-2-3-8-27(24)34-29-25/h2-10,15-16H,11-14,17-19H2,1H3. The number of fused-ring (bicyclic) bond motifs is 4. The lowest BCUT2D eigenvalue weighted by Gasteiger charge is -2.23. The predicted octanol–water partition coefficient (Wildman–Crippen LogP) is 4.71. The topological polar surface area (TPSA) is 64.8 Å². The van der Waals surface area contributed by atoms with E-state index >= 15 is 0 Å². The third-order valence-electron chi connectivity index (χ3n) is 6.09. The number of hydrogen-bond acceptors (Lipinski definition) is 5. The molecule has 0 radical (unpaired) electrons. The van der Waals surface area contributed by atoms with Crippen molar-refractivity contribution in [3.05, 3.63) is 94.7 Å². The maximum atomic E-state index is 13.3. The Labute approximate surface area is 199 Å². The monoisotopic (exact) mass is 456 g/mol. The molecule has 0 saturated heterocycles. The first-order valence-corrected chi connectivity index (χ1v) is 11.6. The zero-order chi connectivity index (χ0) is 23.3. The number of nitrogens with zero attached hydrogens (tertiary/aromatic N) is 2. The minimum atomic E-state index is -0.00243. The molecule has 1 amide bonds. The van der Waals surface area contributed by atoms with Crippen molar-refractivity contribution < 1.29 is 18.8 Å². The van der Waals surface area contributed by atoms with Crippen LogP contribution >= 0.6 is 0 Å². The Bertz CT molecular complexity index is 1300. The Hall–Kier alpha value is -3.64. The van der Waals surface area contributed by atoms with Crippen LogP contribution in [-0.2, 0) is 28.9 Å². The fourth-order valence-corrected chi connectivity index (χ4v) is 4.37. The molecule has 3 aromatic carbocycles. The van der Waals surface area contributed by atoms with Gasteiger partial charge in [0.1, 0.15) is 18.1 Å². The third kappa shape index (κ3) is 5.13. The molecule has 4 aromatic rings. The van der Waals surface area contributed by atoms with Crippen molar-refractivity contribution in [2.75, 3.05) is 26.4 Å². The van der Waals surface area contributed by atoms with E-state index in [2.05, 4.69) is 48.5 Å². The van der Waals surface area contributed by atoms with Gasteiger partial charge in [0.2, 0.25) is 5.91 Å². The van der Waals surface area contributed by atoms with E-state index in [-0.39, 0.29) is 12.3 Å². The molecule has 0 saturated carbocycles. The highest BCUT2D eigenvalue weighted by Gasteiger charge is 2.19. The van der Waals surface area contributed by atoms with Crippen LogP contribution in [0.25, 0.3) is 11.0 Å². The predicted molar refractivity (Wildman–Crippen MR) is 130 cm³/mol. The van der Waals surface area contributed by atoms with Crippen LogP contribution in [0.15, 0.2) is 71.3 Å². The van der Waals surface area contributed by atoms with Crippen LogP contribution in [-0.4, -0.2) is 42.3 Å².